The van der Waals surface area contributed by atoms with Crippen molar-refractivity contribution in [3.8, 4) is 11.5 Å². The van der Waals surface area contributed by atoms with E-state index in [4.69, 9.17) is 9.47 Å². The van der Waals surface area contributed by atoms with Gasteiger partial charge in [0, 0.05) is 30.1 Å². The van der Waals surface area contributed by atoms with Gasteiger partial charge in [0.25, 0.3) is 0 Å². The fourth-order valence-corrected chi connectivity index (χ4v) is 3.94. The summed E-state index contributed by atoms with van der Waals surface area (Å²) in [4.78, 5) is 0. The second-order valence-corrected chi connectivity index (χ2v) is 7.35. The molecule has 0 spiro atoms. The van der Waals surface area contributed by atoms with E-state index in [0.29, 0.717) is 13.2 Å². The highest BCUT2D eigenvalue weighted by Crippen LogP contribution is 2.36. The van der Waals surface area contributed by atoms with E-state index < -0.39 is 10.8 Å². The van der Waals surface area contributed by atoms with Crippen molar-refractivity contribution >= 4 is 10.8 Å². The molecule has 0 amide bonds. The molecular weight excluding hydrogens is 274 g/mol. The zero-order valence-corrected chi connectivity index (χ0v) is 12.6. The number of hydrogen-bond donors (Lipinski definition) is 1. The third-order valence-electron chi connectivity index (χ3n) is 4.26. The van der Waals surface area contributed by atoms with Gasteiger partial charge in [-0.3, -0.25) is 4.21 Å². The van der Waals surface area contributed by atoms with Gasteiger partial charge >= 0.3 is 0 Å². The Kier molecular flexibility index (Phi) is 3.98. The van der Waals surface area contributed by atoms with Gasteiger partial charge in [-0.2, -0.15) is 0 Å². The first-order valence-electron chi connectivity index (χ1n) is 7.12. The standard InChI is InChI=1S/C15H21NO3S/c1-20(17)15(5-2-6-15)11-16-10-12-3-4-13-14(9-12)19-8-7-18-13/h3-4,9,16H,2,5-8,10-11H2,1H3. The number of nitrogens with one attached hydrogen (secondary N) is 1. The molecule has 1 aliphatic carbocycles. The highest BCUT2D eigenvalue weighted by molar-refractivity contribution is 7.85. The summed E-state index contributed by atoms with van der Waals surface area (Å²) in [5, 5.41) is 3.44. The third-order valence-corrected chi connectivity index (χ3v) is 6.03. The van der Waals surface area contributed by atoms with Crippen LogP contribution in [0.1, 0.15) is 24.8 Å². The smallest absolute Gasteiger partial charge is 0.161 e. The summed E-state index contributed by atoms with van der Waals surface area (Å²) in [7, 11) is -0.749. The maximum absolute atomic E-state index is 11.8. The molecule has 3 rings (SSSR count). The number of ether oxygens (including phenoxy) is 2. The number of rotatable bonds is 5. The molecule has 1 fully saturated rings. The van der Waals surface area contributed by atoms with Crippen LogP contribution in [0.3, 0.4) is 0 Å². The molecule has 0 aromatic heterocycles. The van der Waals surface area contributed by atoms with Crippen LogP contribution in [0, 0.1) is 0 Å². The fourth-order valence-electron chi connectivity index (χ4n) is 2.77. The lowest BCUT2D eigenvalue weighted by molar-refractivity contribution is 0.171. The normalized spacial score (nSPS) is 21.1. The molecule has 1 aromatic carbocycles. The van der Waals surface area contributed by atoms with Crippen molar-refractivity contribution in [2.75, 3.05) is 26.0 Å². The minimum Gasteiger partial charge on any atom is -0.486 e. The van der Waals surface area contributed by atoms with Crippen LogP contribution in [-0.4, -0.2) is 35.0 Å². The van der Waals surface area contributed by atoms with Crippen molar-refractivity contribution in [3.63, 3.8) is 0 Å². The lowest BCUT2D eigenvalue weighted by Crippen LogP contribution is -2.49. The van der Waals surface area contributed by atoms with Gasteiger partial charge in [-0.25, -0.2) is 0 Å². The molecule has 0 bridgehead atoms. The van der Waals surface area contributed by atoms with Crippen molar-refractivity contribution in [2.24, 2.45) is 0 Å². The van der Waals surface area contributed by atoms with E-state index in [1.807, 2.05) is 18.4 Å². The zero-order valence-electron chi connectivity index (χ0n) is 11.8. The zero-order chi connectivity index (χ0) is 14.0. The van der Waals surface area contributed by atoms with Gasteiger partial charge in [-0.15, -0.1) is 0 Å². The molecule has 110 valence electrons. The average molecular weight is 295 g/mol. The first kappa shape index (κ1) is 13.9. The van der Waals surface area contributed by atoms with Crippen LogP contribution in [0.4, 0.5) is 0 Å². The Hall–Kier alpha value is -1.07. The summed E-state index contributed by atoms with van der Waals surface area (Å²) in [6.07, 6.45) is 5.17. The van der Waals surface area contributed by atoms with E-state index in [2.05, 4.69) is 11.4 Å². The van der Waals surface area contributed by atoms with Crippen molar-refractivity contribution in [1.29, 1.82) is 0 Å². The maximum atomic E-state index is 11.8. The summed E-state index contributed by atoms with van der Waals surface area (Å²) < 4.78 is 22.9. The molecule has 1 aliphatic heterocycles. The van der Waals surface area contributed by atoms with E-state index in [9.17, 15) is 4.21 Å². The Morgan fingerprint density at radius 1 is 1.25 bits per heavy atom. The molecule has 1 aromatic rings. The molecule has 2 aliphatic rings. The van der Waals surface area contributed by atoms with Crippen LogP contribution in [0.2, 0.25) is 0 Å². The maximum Gasteiger partial charge on any atom is 0.161 e. The molecule has 20 heavy (non-hydrogen) atoms. The van der Waals surface area contributed by atoms with E-state index >= 15 is 0 Å². The average Bonchev–Trinajstić information content (AvgIpc) is 2.41. The van der Waals surface area contributed by atoms with Gasteiger partial charge in [-0.1, -0.05) is 12.5 Å². The molecule has 1 atom stereocenters. The van der Waals surface area contributed by atoms with Crippen LogP contribution in [0.5, 0.6) is 11.5 Å². The van der Waals surface area contributed by atoms with Gasteiger partial charge in [0.2, 0.25) is 0 Å². The van der Waals surface area contributed by atoms with Gasteiger partial charge in [0.15, 0.2) is 11.5 Å². The van der Waals surface area contributed by atoms with Crippen LogP contribution in [0.25, 0.3) is 0 Å². The monoisotopic (exact) mass is 295 g/mol. The largest absolute Gasteiger partial charge is 0.486 e. The lowest BCUT2D eigenvalue weighted by Gasteiger charge is -2.40. The van der Waals surface area contributed by atoms with Crippen LogP contribution in [-0.2, 0) is 17.3 Å². The van der Waals surface area contributed by atoms with Gasteiger partial charge < -0.3 is 14.8 Å². The predicted molar refractivity (Wildman–Crippen MR) is 79.8 cm³/mol. The van der Waals surface area contributed by atoms with Crippen molar-refractivity contribution in [2.45, 2.75) is 30.6 Å². The molecule has 0 radical (unpaired) electrons. The van der Waals surface area contributed by atoms with Gasteiger partial charge in [0.05, 0.1) is 4.75 Å². The molecule has 1 heterocycles. The van der Waals surface area contributed by atoms with Gasteiger partial charge in [-0.05, 0) is 30.5 Å². The Morgan fingerprint density at radius 2 is 2.00 bits per heavy atom. The highest BCUT2D eigenvalue weighted by Gasteiger charge is 2.40. The Balaban J connectivity index is 1.57. The fraction of sp³-hybridized carbons (Fsp3) is 0.600. The Labute approximate surface area is 122 Å². The molecule has 1 N–H and O–H groups in total. The minimum absolute atomic E-state index is 0.00776. The molecular formula is C15H21NO3S. The molecule has 0 saturated heterocycles. The minimum atomic E-state index is -0.749. The van der Waals surface area contributed by atoms with E-state index in [-0.39, 0.29) is 4.75 Å². The summed E-state index contributed by atoms with van der Waals surface area (Å²) in [5.41, 5.74) is 1.17. The summed E-state index contributed by atoms with van der Waals surface area (Å²) >= 11 is 0. The van der Waals surface area contributed by atoms with Crippen molar-refractivity contribution in [1.82, 2.24) is 5.32 Å². The summed E-state index contributed by atoms with van der Waals surface area (Å²) in [6.45, 7) is 2.83. The topological polar surface area (TPSA) is 47.6 Å². The Morgan fingerprint density at radius 3 is 2.65 bits per heavy atom. The SMILES string of the molecule is CS(=O)C1(CNCc2ccc3c(c2)OCCO3)CCC1. The van der Waals surface area contributed by atoms with Gasteiger partial charge in [0.1, 0.15) is 13.2 Å². The number of benzene rings is 1. The number of hydrogen-bond acceptors (Lipinski definition) is 4. The van der Waals surface area contributed by atoms with Crippen LogP contribution >= 0.6 is 0 Å². The first-order valence-corrected chi connectivity index (χ1v) is 8.68. The van der Waals surface area contributed by atoms with Crippen LogP contribution in [0.15, 0.2) is 18.2 Å². The second kappa shape index (κ2) is 5.74. The second-order valence-electron chi connectivity index (χ2n) is 5.57. The van der Waals surface area contributed by atoms with E-state index in [0.717, 1.165) is 37.4 Å². The lowest BCUT2D eigenvalue weighted by atomic mass is 9.84. The molecule has 1 saturated carbocycles. The van der Waals surface area contributed by atoms with Crippen molar-refractivity contribution in [3.05, 3.63) is 23.8 Å². The van der Waals surface area contributed by atoms with E-state index in [1.54, 1.807) is 0 Å². The quantitative estimate of drug-likeness (QED) is 0.900. The summed E-state index contributed by atoms with van der Waals surface area (Å²) in [5.74, 6) is 1.65. The molecule has 5 heteroatoms. The molecule has 4 nitrogen and oxygen atoms in total. The van der Waals surface area contributed by atoms with Crippen molar-refractivity contribution < 1.29 is 13.7 Å². The van der Waals surface area contributed by atoms with Crippen LogP contribution < -0.4 is 14.8 Å². The third kappa shape index (κ3) is 2.69. The first-order chi connectivity index (χ1) is 9.70. The number of fused-ring (bicyclic) bond motifs is 1. The molecule has 1 unspecified atom stereocenters. The summed E-state index contributed by atoms with van der Waals surface area (Å²) in [6, 6.07) is 6.04. The predicted octanol–water partition coefficient (Wildman–Crippen LogP) is 1.85. The highest BCUT2D eigenvalue weighted by atomic mass is 32.2. The Bertz CT molecular complexity index is 514. The van der Waals surface area contributed by atoms with E-state index in [1.165, 1.54) is 12.0 Å².